The molecular weight excluding hydrogens is 295 g/mol. The fraction of sp³-hybridized carbons (Fsp3) is 0.273. The van der Waals surface area contributed by atoms with Gasteiger partial charge >= 0.3 is 5.97 Å². The third-order valence-corrected chi connectivity index (χ3v) is 2.60. The summed E-state index contributed by atoms with van der Waals surface area (Å²) < 4.78 is 13.8. The molecule has 0 saturated heterocycles. The van der Waals surface area contributed by atoms with Crippen molar-refractivity contribution in [1.82, 2.24) is 0 Å². The van der Waals surface area contributed by atoms with Gasteiger partial charge in [-0.05, 0) is 13.0 Å². The lowest BCUT2D eigenvalue weighted by atomic mass is 10.0. The lowest BCUT2D eigenvalue weighted by molar-refractivity contribution is -0.147. The number of rotatable bonds is 4. The second kappa shape index (κ2) is 5.37. The molecule has 1 aromatic rings. The number of Topliss-reactive ketones (excluding diaryl/α,β-unsaturated/α-hetero) is 1. The van der Waals surface area contributed by atoms with Gasteiger partial charge in [0, 0.05) is 5.56 Å². The highest BCUT2D eigenvalue weighted by Crippen LogP contribution is 2.22. The Hall–Kier alpha value is -1.27. The second-order valence-corrected chi connectivity index (χ2v) is 4.80. The molecule has 0 bridgehead atoms. The molecule has 0 aliphatic heterocycles. The largest absolute Gasteiger partial charge is 0.479 e. The zero-order valence-corrected chi connectivity index (χ0v) is 10.4. The van der Waals surface area contributed by atoms with Gasteiger partial charge in [-0.1, -0.05) is 28.1 Å². The van der Waals surface area contributed by atoms with Crippen LogP contribution in [0.25, 0.3) is 0 Å². The van der Waals surface area contributed by atoms with E-state index in [0.29, 0.717) is 0 Å². The van der Waals surface area contributed by atoms with E-state index in [-0.39, 0.29) is 5.56 Å². The molecule has 0 amide bonds. The number of carboxylic acids is 1. The lowest BCUT2D eigenvalue weighted by Crippen LogP contribution is -2.17. The minimum absolute atomic E-state index is 0.243. The number of alkyl halides is 1. The molecule has 0 aliphatic carbocycles. The molecule has 6 heteroatoms. The first kappa shape index (κ1) is 13.8. The van der Waals surface area contributed by atoms with Crippen LogP contribution in [0.1, 0.15) is 28.9 Å². The molecule has 17 heavy (non-hydrogen) atoms. The van der Waals surface area contributed by atoms with Crippen LogP contribution in [0.15, 0.2) is 18.2 Å². The highest BCUT2D eigenvalue weighted by molar-refractivity contribution is 9.10. The average molecular weight is 305 g/mol. The van der Waals surface area contributed by atoms with E-state index in [1.165, 1.54) is 19.1 Å². The van der Waals surface area contributed by atoms with Gasteiger partial charge in [-0.3, -0.25) is 4.79 Å². The summed E-state index contributed by atoms with van der Waals surface area (Å²) >= 11 is 3.01. The average Bonchev–Trinajstić information content (AvgIpc) is 2.27. The number of aliphatic hydroxyl groups is 1. The van der Waals surface area contributed by atoms with E-state index < -0.39 is 34.1 Å². The highest BCUT2D eigenvalue weighted by atomic mass is 79.9. The monoisotopic (exact) mass is 304 g/mol. The lowest BCUT2D eigenvalue weighted by Gasteiger charge is -2.10. The molecule has 0 fully saturated rings. The van der Waals surface area contributed by atoms with Crippen LogP contribution in [0.5, 0.6) is 0 Å². The molecule has 1 rings (SSSR count). The number of hydrogen-bond donors (Lipinski definition) is 2. The van der Waals surface area contributed by atoms with Crippen molar-refractivity contribution in [2.24, 2.45) is 0 Å². The molecule has 1 aromatic carbocycles. The van der Waals surface area contributed by atoms with Gasteiger partial charge in [0.15, 0.2) is 11.9 Å². The van der Waals surface area contributed by atoms with E-state index in [0.717, 1.165) is 6.07 Å². The number of carbonyl (C=O) groups excluding carboxylic acids is 1. The summed E-state index contributed by atoms with van der Waals surface area (Å²) in [6, 6.07) is 3.70. The smallest absolute Gasteiger partial charge is 0.337 e. The second-order valence-electron chi connectivity index (χ2n) is 3.43. The van der Waals surface area contributed by atoms with Crippen molar-refractivity contribution in [2.45, 2.75) is 17.9 Å². The van der Waals surface area contributed by atoms with Gasteiger partial charge in [0.2, 0.25) is 0 Å². The summed E-state index contributed by atoms with van der Waals surface area (Å²) in [5.41, 5.74) is -0.663. The van der Waals surface area contributed by atoms with Crippen LogP contribution in [-0.4, -0.2) is 26.8 Å². The predicted octanol–water partition coefficient (Wildman–Crippen LogP) is 1.91. The normalized spacial score (nSPS) is 14.1. The number of benzene rings is 1. The summed E-state index contributed by atoms with van der Waals surface area (Å²) in [6.07, 6.45) is -1.98. The summed E-state index contributed by atoms with van der Waals surface area (Å²) in [6.45, 7) is 1.53. The molecule has 4 nitrogen and oxygen atoms in total. The number of hydrogen-bond acceptors (Lipinski definition) is 3. The molecule has 92 valence electrons. The summed E-state index contributed by atoms with van der Waals surface area (Å²) in [7, 11) is 0. The number of carboxylic acid groups (broad SMARTS) is 1. The number of aliphatic hydroxyl groups excluding tert-OH is 1. The van der Waals surface area contributed by atoms with Gasteiger partial charge in [-0.15, -0.1) is 0 Å². The first-order valence-corrected chi connectivity index (χ1v) is 5.65. The Bertz CT molecular complexity index is 459. The molecule has 0 heterocycles. The number of carbonyl (C=O) groups is 2. The Balaban J connectivity index is 3.25. The zero-order valence-electron chi connectivity index (χ0n) is 8.85. The van der Waals surface area contributed by atoms with E-state index >= 15 is 0 Å². The molecular formula is C11H10BrFO4. The zero-order chi connectivity index (χ0) is 13.2. The van der Waals surface area contributed by atoms with Crippen molar-refractivity contribution in [1.29, 1.82) is 0 Å². The van der Waals surface area contributed by atoms with Crippen LogP contribution in [-0.2, 0) is 4.79 Å². The van der Waals surface area contributed by atoms with E-state index in [1.807, 2.05) is 0 Å². The van der Waals surface area contributed by atoms with Crippen LogP contribution >= 0.6 is 15.9 Å². The Kier molecular flexibility index (Phi) is 4.36. The summed E-state index contributed by atoms with van der Waals surface area (Å²) in [5, 5.41) is 17.8. The SMILES string of the molecule is CC(Br)C(=O)c1cccc(C(O)C(=O)O)c1F. The molecule has 0 radical (unpaired) electrons. The topological polar surface area (TPSA) is 74.6 Å². The summed E-state index contributed by atoms with van der Waals surface area (Å²) in [5.74, 6) is -3.08. The first-order chi connectivity index (χ1) is 7.86. The first-order valence-electron chi connectivity index (χ1n) is 4.73. The maximum atomic E-state index is 13.8. The predicted molar refractivity (Wildman–Crippen MR) is 61.7 cm³/mol. The Morgan fingerprint density at radius 1 is 1.41 bits per heavy atom. The van der Waals surface area contributed by atoms with Crippen LogP contribution in [0.3, 0.4) is 0 Å². The molecule has 0 aliphatic rings. The molecule has 2 atom stereocenters. The third kappa shape index (κ3) is 2.89. The molecule has 0 saturated carbocycles. The number of aliphatic carboxylic acids is 1. The molecule has 0 spiro atoms. The minimum Gasteiger partial charge on any atom is -0.479 e. The van der Waals surface area contributed by atoms with Gasteiger partial charge in [-0.25, -0.2) is 9.18 Å². The molecule has 2 N–H and O–H groups in total. The van der Waals surface area contributed by atoms with Crippen LogP contribution in [0, 0.1) is 5.82 Å². The van der Waals surface area contributed by atoms with Crippen molar-refractivity contribution in [2.75, 3.05) is 0 Å². The quantitative estimate of drug-likeness (QED) is 0.658. The highest BCUT2D eigenvalue weighted by Gasteiger charge is 2.24. The van der Waals surface area contributed by atoms with E-state index in [4.69, 9.17) is 5.11 Å². The van der Waals surface area contributed by atoms with Gasteiger partial charge < -0.3 is 10.2 Å². The van der Waals surface area contributed by atoms with Crippen LogP contribution in [0.2, 0.25) is 0 Å². The van der Waals surface area contributed by atoms with Crippen molar-refractivity contribution in [3.05, 3.63) is 35.1 Å². The number of halogens is 2. The fourth-order valence-electron chi connectivity index (χ4n) is 1.30. The minimum atomic E-state index is -1.98. The van der Waals surface area contributed by atoms with Crippen molar-refractivity contribution < 1.29 is 24.2 Å². The molecule has 2 unspecified atom stereocenters. The van der Waals surface area contributed by atoms with Gasteiger partial charge in [0.25, 0.3) is 0 Å². The van der Waals surface area contributed by atoms with E-state index in [9.17, 15) is 19.1 Å². The Morgan fingerprint density at radius 2 is 2.00 bits per heavy atom. The maximum Gasteiger partial charge on any atom is 0.337 e. The van der Waals surface area contributed by atoms with Gasteiger partial charge in [-0.2, -0.15) is 0 Å². The van der Waals surface area contributed by atoms with Crippen molar-refractivity contribution >= 4 is 27.7 Å². The van der Waals surface area contributed by atoms with E-state index in [1.54, 1.807) is 0 Å². The Morgan fingerprint density at radius 3 is 2.47 bits per heavy atom. The number of ketones is 1. The fourth-order valence-corrected chi connectivity index (χ4v) is 1.55. The van der Waals surface area contributed by atoms with Crippen molar-refractivity contribution in [3.63, 3.8) is 0 Å². The maximum absolute atomic E-state index is 13.8. The van der Waals surface area contributed by atoms with Gasteiger partial charge in [0.1, 0.15) is 5.82 Å². The van der Waals surface area contributed by atoms with Crippen LogP contribution < -0.4 is 0 Å². The van der Waals surface area contributed by atoms with Gasteiger partial charge in [0.05, 0.1) is 10.4 Å². The van der Waals surface area contributed by atoms with E-state index in [2.05, 4.69) is 15.9 Å². The summed E-state index contributed by atoms with van der Waals surface area (Å²) in [4.78, 5) is 21.6. The van der Waals surface area contributed by atoms with Crippen molar-refractivity contribution in [3.8, 4) is 0 Å². The standard InChI is InChI=1S/C11H10BrFO4/c1-5(12)9(14)6-3-2-4-7(8(6)13)10(15)11(16)17/h2-5,10,15H,1H3,(H,16,17). The Labute approximate surface area is 105 Å². The third-order valence-electron chi connectivity index (χ3n) is 2.18. The molecule has 0 aromatic heterocycles. The van der Waals surface area contributed by atoms with Crippen LogP contribution in [0.4, 0.5) is 4.39 Å².